The minimum atomic E-state index is 0.194. The molecule has 1 heterocycles. The van der Waals surface area contributed by atoms with Gasteiger partial charge in [-0.05, 0) is 63.0 Å². The van der Waals surface area contributed by atoms with E-state index in [-0.39, 0.29) is 6.04 Å². The third-order valence-corrected chi connectivity index (χ3v) is 4.53. The molecule has 2 N–H and O–H groups in total. The van der Waals surface area contributed by atoms with E-state index in [1.165, 1.54) is 36.8 Å². The minimum absolute atomic E-state index is 0.194. The molecule has 0 spiro atoms. The zero-order valence-electron chi connectivity index (χ0n) is 13.4. The second-order valence-electron chi connectivity index (χ2n) is 6.69. The number of hydrogen-bond donors (Lipinski definition) is 1. The van der Waals surface area contributed by atoms with Gasteiger partial charge in [-0.15, -0.1) is 0 Å². The maximum absolute atomic E-state index is 5.86. The summed E-state index contributed by atoms with van der Waals surface area (Å²) < 4.78 is 0. The quantitative estimate of drug-likeness (QED) is 0.917. The fraction of sp³-hybridized carbons (Fsp3) is 0.706. The number of anilines is 1. The van der Waals surface area contributed by atoms with Crippen molar-refractivity contribution in [1.29, 1.82) is 0 Å². The molecule has 20 heavy (non-hydrogen) atoms. The largest absolute Gasteiger partial charge is 0.356 e. The second kappa shape index (κ2) is 6.57. The van der Waals surface area contributed by atoms with Crippen LogP contribution in [0.25, 0.3) is 0 Å². The Morgan fingerprint density at radius 3 is 2.55 bits per heavy atom. The molecule has 3 nitrogen and oxygen atoms in total. The van der Waals surface area contributed by atoms with E-state index in [1.54, 1.807) is 0 Å². The van der Waals surface area contributed by atoms with Gasteiger partial charge in [0.05, 0.1) is 0 Å². The summed E-state index contributed by atoms with van der Waals surface area (Å²) in [6.45, 7) is 6.57. The zero-order valence-corrected chi connectivity index (χ0v) is 13.4. The van der Waals surface area contributed by atoms with Crippen molar-refractivity contribution in [2.75, 3.05) is 11.9 Å². The van der Waals surface area contributed by atoms with Crippen LogP contribution in [0, 0.1) is 12.8 Å². The summed E-state index contributed by atoms with van der Waals surface area (Å²) in [7, 11) is 2.20. The van der Waals surface area contributed by atoms with Crippen LogP contribution in [0.3, 0.4) is 0 Å². The van der Waals surface area contributed by atoms with E-state index in [0.29, 0.717) is 6.04 Å². The van der Waals surface area contributed by atoms with Crippen molar-refractivity contribution in [1.82, 2.24) is 4.98 Å². The van der Waals surface area contributed by atoms with E-state index >= 15 is 0 Å². The fourth-order valence-corrected chi connectivity index (χ4v) is 3.28. The molecule has 0 bridgehead atoms. The summed E-state index contributed by atoms with van der Waals surface area (Å²) in [5, 5.41) is 0. The molecule has 1 fully saturated rings. The first-order valence-corrected chi connectivity index (χ1v) is 7.91. The SMILES string of the molecule is Cc1cc(CC(C)N)cnc1N(C)C1CCC(C)CC1. The highest BCUT2D eigenvalue weighted by Gasteiger charge is 2.23. The number of pyridine rings is 1. The van der Waals surface area contributed by atoms with Gasteiger partial charge in [0, 0.05) is 25.3 Å². The van der Waals surface area contributed by atoms with Gasteiger partial charge in [0.2, 0.25) is 0 Å². The van der Waals surface area contributed by atoms with Crippen LogP contribution >= 0.6 is 0 Å². The molecule has 1 aliphatic rings. The lowest BCUT2D eigenvalue weighted by molar-refractivity contribution is 0.340. The van der Waals surface area contributed by atoms with Crippen LogP contribution in [0.15, 0.2) is 12.3 Å². The van der Waals surface area contributed by atoms with Gasteiger partial charge in [0.15, 0.2) is 0 Å². The lowest BCUT2D eigenvalue weighted by Crippen LogP contribution is -2.35. The van der Waals surface area contributed by atoms with E-state index in [1.807, 2.05) is 13.1 Å². The summed E-state index contributed by atoms with van der Waals surface area (Å²) in [5.74, 6) is 2.03. The lowest BCUT2D eigenvalue weighted by Gasteiger charge is -2.35. The molecular weight excluding hydrogens is 246 g/mol. The van der Waals surface area contributed by atoms with Crippen molar-refractivity contribution >= 4 is 5.82 Å². The van der Waals surface area contributed by atoms with Crippen molar-refractivity contribution in [2.45, 2.75) is 65.0 Å². The first kappa shape index (κ1) is 15.3. The van der Waals surface area contributed by atoms with Crippen LogP contribution < -0.4 is 10.6 Å². The third-order valence-electron chi connectivity index (χ3n) is 4.53. The lowest BCUT2D eigenvalue weighted by atomic mass is 9.86. The number of nitrogens with zero attached hydrogens (tertiary/aromatic N) is 2. The summed E-state index contributed by atoms with van der Waals surface area (Å²) in [6, 6.07) is 3.09. The summed E-state index contributed by atoms with van der Waals surface area (Å²) in [5.41, 5.74) is 8.37. The predicted octanol–water partition coefficient (Wildman–Crippen LogP) is 3.29. The van der Waals surface area contributed by atoms with E-state index in [0.717, 1.165) is 18.2 Å². The zero-order chi connectivity index (χ0) is 14.7. The van der Waals surface area contributed by atoms with E-state index in [2.05, 4.69) is 31.9 Å². The van der Waals surface area contributed by atoms with Gasteiger partial charge in [0.25, 0.3) is 0 Å². The number of hydrogen-bond acceptors (Lipinski definition) is 3. The molecule has 2 rings (SSSR count). The Balaban J connectivity index is 2.08. The van der Waals surface area contributed by atoms with Crippen molar-refractivity contribution in [3.63, 3.8) is 0 Å². The van der Waals surface area contributed by atoms with E-state index < -0.39 is 0 Å². The van der Waals surface area contributed by atoms with Gasteiger partial charge >= 0.3 is 0 Å². The predicted molar refractivity (Wildman–Crippen MR) is 86.2 cm³/mol. The molecule has 3 heteroatoms. The molecule has 0 radical (unpaired) electrons. The van der Waals surface area contributed by atoms with Crippen molar-refractivity contribution < 1.29 is 0 Å². The minimum Gasteiger partial charge on any atom is -0.356 e. The number of nitrogens with two attached hydrogens (primary N) is 1. The van der Waals surface area contributed by atoms with Crippen LogP contribution in [-0.2, 0) is 6.42 Å². The Labute approximate surface area is 123 Å². The molecule has 0 saturated heterocycles. The number of aryl methyl sites for hydroxylation is 1. The van der Waals surface area contributed by atoms with Gasteiger partial charge in [-0.2, -0.15) is 0 Å². The Morgan fingerprint density at radius 2 is 2.00 bits per heavy atom. The maximum atomic E-state index is 5.86. The van der Waals surface area contributed by atoms with E-state index in [9.17, 15) is 0 Å². The number of aromatic nitrogens is 1. The molecule has 0 aliphatic heterocycles. The topological polar surface area (TPSA) is 42.1 Å². The monoisotopic (exact) mass is 275 g/mol. The molecule has 1 aliphatic carbocycles. The van der Waals surface area contributed by atoms with Crippen LogP contribution in [0.4, 0.5) is 5.82 Å². The molecule has 0 aromatic carbocycles. The van der Waals surface area contributed by atoms with Gasteiger partial charge in [-0.3, -0.25) is 0 Å². The average molecular weight is 275 g/mol. The van der Waals surface area contributed by atoms with Crippen molar-refractivity contribution in [3.05, 3.63) is 23.4 Å². The van der Waals surface area contributed by atoms with Gasteiger partial charge < -0.3 is 10.6 Å². The summed E-state index contributed by atoms with van der Waals surface area (Å²) >= 11 is 0. The highest BCUT2D eigenvalue weighted by Crippen LogP contribution is 2.29. The van der Waals surface area contributed by atoms with Crippen LogP contribution in [-0.4, -0.2) is 24.1 Å². The average Bonchev–Trinajstić information content (AvgIpc) is 2.38. The van der Waals surface area contributed by atoms with Gasteiger partial charge in [-0.1, -0.05) is 13.0 Å². The molecular formula is C17H29N3. The van der Waals surface area contributed by atoms with Crippen LogP contribution in [0.2, 0.25) is 0 Å². The molecule has 1 aromatic heterocycles. The van der Waals surface area contributed by atoms with E-state index in [4.69, 9.17) is 10.7 Å². The highest BCUT2D eigenvalue weighted by atomic mass is 15.2. The van der Waals surface area contributed by atoms with Crippen LogP contribution in [0.1, 0.15) is 50.7 Å². The highest BCUT2D eigenvalue weighted by molar-refractivity contribution is 5.47. The number of rotatable bonds is 4. The molecule has 1 aromatic rings. The van der Waals surface area contributed by atoms with Gasteiger partial charge in [-0.25, -0.2) is 4.98 Å². The fourth-order valence-electron chi connectivity index (χ4n) is 3.28. The molecule has 0 amide bonds. The normalized spacial score (nSPS) is 24.4. The first-order chi connectivity index (χ1) is 9.47. The first-order valence-electron chi connectivity index (χ1n) is 7.91. The van der Waals surface area contributed by atoms with Crippen molar-refractivity contribution in [3.8, 4) is 0 Å². The smallest absolute Gasteiger partial charge is 0.131 e. The standard InChI is InChI=1S/C17H29N3/c1-12-5-7-16(8-6-12)20(4)17-13(2)9-15(11-19-17)10-14(3)18/h9,11-12,14,16H,5-8,10,18H2,1-4H3. The Bertz CT molecular complexity index is 434. The molecule has 1 saturated carbocycles. The molecule has 1 unspecified atom stereocenters. The molecule has 112 valence electrons. The van der Waals surface area contributed by atoms with Gasteiger partial charge in [0.1, 0.15) is 5.82 Å². The third kappa shape index (κ3) is 3.72. The van der Waals surface area contributed by atoms with Crippen LogP contribution in [0.5, 0.6) is 0 Å². The summed E-state index contributed by atoms with van der Waals surface area (Å²) in [4.78, 5) is 7.08. The second-order valence-corrected chi connectivity index (χ2v) is 6.69. The summed E-state index contributed by atoms with van der Waals surface area (Å²) in [6.07, 6.45) is 8.17. The Kier molecular flexibility index (Phi) is 5.03. The van der Waals surface area contributed by atoms with Crippen molar-refractivity contribution in [2.24, 2.45) is 11.7 Å². The maximum Gasteiger partial charge on any atom is 0.131 e. The Morgan fingerprint density at radius 1 is 1.35 bits per heavy atom. The molecule has 1 atom stereocenters. The Hall–Kier alpha value is -1.09.